The van der Waals surface area contributed by atoms with Gasteiger partial charge in [-0.2, -0.15) is 0 Å². The molecule has 3 heteroatoms. The average molecular weight is 278 g/mol. The van der Waals surface area contributed by atoms with Gasteiger partial charge in [-0.1, -0.05) is 35.9 Å². The molecule has 0 atom stereocenters. The number of anilines is 2. The molecule has 0 radical (unpaired) electrons. The van der Waals surface area contributed by atoms with Gasteiger partial charge < -0.3 is 10.6 Å². The predicted molar refractivity (Wildman–Crippen MR) is 87.3 cm³/mol. The Morgan fingerprint density at radius 2 is 1.71 bits per heavy atom. The first-order valence-electron chi connectivity index (χ1n) is 7.01. The molecule has 0 saturated heterocycles. The van der Waals surface area contributed by atoms with Gasteiger partial charge in [0.15, 0.2) is 0 Å². The van der Waals surface area contributed by atoms with Gasteiger partial charge in [0.2, 0.25) is 0 Å². The minimum atomic E-state index is -0.0638. The number of hydrogen-bond acceptors (Lipinski definition) is 2. The van der Waals surface area contributed by atoms with Crippen LogP contribution in [-0.2, 0) is 4.79 Å². The Morgan fingerprint density at radius 1 is 1.05 bits per heavy atom. The molecule has 3 nitrogen and oxygen atoms in total. The van der Waals surface area contributed by atoms with Crippen molar-refractivity contribution in [1.29, 1.82) is 0 Å². The Morgan fingerprint density at radius 3 is 2.43 bits per heavy atom. The zero-order valence-corrected chi connectivity index (χ0v) is 12.4. The third kappa shape index (κ3) is 2.42. The molecule has 1 amide bonds. The maximum Gasteiger partial charge on any atom is 0.257 e. The zero-order chi connectivity index (χ0) is 15.0. The van der Waals surface area contributed by atoms with Gasteiger partial charge in [0, 0.05) is 23.1 Å². The molecule has 1 aliphatic rings. The van der Waals surface area contributed by atoms with Crippen LogP contribution in [0.4, 0.5) is 11.4 Å². The van der Waals surface area contributed by atoms with E-state index in [0.29, 0.717) is 5.57 Å². The van der Waals surface area contributed by atoms with Gasteiger partial charge in [-0.3, -0.25) is 4.79 Å². The molecule has 2 aromatic carbocycles. The lowest BCUT2D eigenvalue weighted by atomic mass is 10.0. The molecular weight excluding hydrogens is 260 g/mol. The normalized spacial score (nSPS) is 15.0. The van der Waals surface area contributed by atoms with Crippen LogP contribution in [0, 0.1) is 20.8 Å². The number of rotatable bonds is 2. The smallest absolute Gasteiger partial charge is 0.257 e. The molecule has 0 fully saturated rings. The molecule has 3 rings (SSSR count). The number of carbonyl (C=O) groups excluding carboxylic acids is 1. The van der Waals surface area contributed by atoms with Crippen LogP contribution in [0.15, 0.2) is 42.6 Å². The van der Waals surface area contributed by atoms with Crippen LogP contribution in [0.3, 0.4) is 0 Å². The molecule has 0 bridgehead atoms. The predicted octanol–water partition coefficient (Wildman–Crippen LogP) is 4.02. The summed E-state index contributed by atoms with van der Waals surface area (Å²) in [4.78, 5) is 12.1. The molecular formula is C18H18N2O. The van der Waals surface area contributed by atoms with Crippen LogP contribution in [0.5, 0.6) is 0 Å². The van der Waals surface area contributed by atoms with Crippen molar-refractivity contribution in [2.45, 2.75) is 20.8 Å². The molecule has 0 unspecified atom stereocenters. The molecule has 0 spiro atoms. The maximum absolute atomic E-state index is 12.1. The van der Waals surface area contributed by atoms with Crippen molar-refractivity contribution >= 4 is 22.9 Å². The highest BCUT2D eigenvalue weighted by Crippen LogP contribution is 2.31. The second-order valence-corrected chi connectivity index (χ2v) is 5.48. The summed E-state index contributed by atoms with van der Waals surface area (Å²) >= 11 is 0. The first-order chi connectivity index (χ1) is 10.1. The lowest BCUT2D eigenvalue weighted by Crippen LogP contribution is -2.05. The van der Waals surface area contributed by atoms with E-state index in [-0.39, 0.29) is 5.91 Å². The Hall–Kier alpha value is -2.55. The summed E-state index contributed by atoms with van der Waals surface area (Å²) in [5.41, 5.74) is 7.14. The summed E-state index contributed by atoms with van der Waals surface area (Å²) in [6, 6.07) is 12.0. The zero-order valence-electron chi connectivity index (χ0n) is 12.4. The van der Waals surface area contributed by atoms with Crippen molar-refractivity contribution in [3.63, 3.8) is 0 Å². The molecule has 2 aromatic rings. The minimum Gasteiger partial charge on any atom is -0.360 e. The second-order valence-electron chi connectivity index (χ2n) is 5.48. The maximum atomic E-state index is 12.1. The summed E-state index contributed by atoms with van der Waals surface area (Å²) < 4.78 is 0. The van der Waals surface area contributed by atoms with Crippen molar-refractivity contribution in [2.24, 2.45) is 0 Å². The van der Waals surface area contributed by atoms with E-state index in [4.69, 9.17) is 0 Å². The van der Waals surface area contributed by atoms with Crippen LogP contribution in [0.1, 0.15) is 22.3 Å². The summed E-state index contributed by atoms with van der Waals surface area (Å²) in [5, 5.41) is 6.17. The number of amides is 1. The fourth-order valence-electron chi connectivity index (χ4n) is 2.83. The molecule has 106 valence electrons. The van der Waals surface area contributed by atoms with E-state index in [2.05, 4.69) is 43.5 Å². The van der Waals surface area contributed by atoms with E-state index in [1.165, 1.54) is 16.7 Å². The Bertz CT molecular complexity index is 737. The monoisotopic (exact) mass is 278 g/mol. The van der Waals surface area contributed by atoms with Crippen LogP contribution in [-0.4, -0.2) is 5.91 Å². The third-order valence-corrected chi connectivity index (χ3v) is 3.75. The van der Waals surface area contributed by atoms with E-state index < -0.39 is 0 Å². The van der Waals surface area contributed by atoms with E-state index in [9.17, 15) is 4.79 Å². The average Bonchev–Trinajstić information content (AvgIpc) is 2.73. The summed E-state index contributed by atoms with van der Waals surface area (Å²) in [6.45, 7) is 6.23. The van der Waals surface area contributed by atoms with Gasteiger partial charge in [-0.15, -0.1) is 0 Å². The SMILES string of the molecule is Cc1cc(C)c(N/C=C2\C(=O)Nc3ccccc32)c(C)c1. The van der Waals surface area contributed by atoms with Gasteiger partial charge >= 0.3 is 0 Å². The van der Waals surface area contributed by atoms with Crippen LogP contribution < -0.4 is 10.6 Å². The minimum absolute atomic E-state index is 0.0638. The van der Waals surface area contributed by atoms with Gasteiger partial charge in [0.1, 0.15) is 0 Å². The van der Waals surface area contributed by atoms with E-state index in [1.54, 1.807) is 6.20 Å². The fourth-order valence-corrected chi connectivity index (χ4v) is 2.83. The molecule has 21 heavy (non-hydrogen) atoms. The number of benzene rings is 2. The highest BCUT2D eigenvalue weighted by Gasteiger charge is 2.23. The Balaban J connectivity index is 1.96. The number of carbonyl (C=O) groups is 1. The van der Waals surface area contributed by atoms with Crippen molar-refractivity contribution in [3.05, 3.63) is 64.9 Å². The number of para-hydroxylation sites is 1. The van der Waals surface area contributed by atoms with Crippen molar-refractivity contribution in [2.75, 3.05) is 10.6 Å². The standard InChI is InChI=1S/C18H18N2O/c1-11-8-12(2)17(13(3)9-11)19-10-15-14-6-4-5-7-16(14)20-18(15)21/h4-10,19H,1-3H3,(H,20,21)/b15-10-. The van der Waals surface area contributed by atoms with Crippen LogP contribution in [0.2, 0.25) is 0 Å². The molecule has 1 heterocycles. The molecule has 1 aliphatic heterocycles. The summed E-state index contributed by atoms with van der Waals surface area (Å²) in [6.07, 6.45) is 1.80. The first kappa shape index (κ1) is 13.4. The largest absolute Gasteiger partial charge is 0.360 e. The number of hydrogen-bond donors (Lipinski definition) is 2. The van der Waals surface area contributed by atoms with Gasteiger partial charge in [0.25, 0.3) is 5.91 Å². The molecule has 0 aliphatic carbocycles. The van der Waals surface area contributed by atoms with Crippen LogP contribution in [0.25, 0.3) is 5.57 Å². The van der Waals surface area contributed by atoms with Crippen molar-refractivity contribution in [1.82, 2.24) is 0 Å². The Labute approximate surface area is 124 Å². The van der Waals surface area contributed by atoms with Crippen molar-refractivity contribution in [3.8, 4) is 0 Å². The fraction of sp³-hybridized carbons (Fsp3) is 0.167. The molecule has 0 aromatic heterocycles. The van der Waals surface area contributed by atoms with Gasteiger partial charge in [0.05, 0.1) is 5.57 Å². The highest BCUT2D eigenvalue weighted by molar-refractivity contribution is 6.31. The Kier molecular flexibility index (Phi) is 3.26. The summed E-state index contributed by atoms with van der Waals surface area (Å²) in [7, 11) is 0. The number of aryl methyl sites for hydroxylation is 3. The molecule has 2 N–H and O–H groups in total. The topological polar surface area (TPSA) is 41.1 Å². The summed E-state index contributed by atoms with van der Waals surface area (Å²) in [5.74, 6) is -0.0638. The van der Waals surface area contributed by atoms with E-state index in [0.717, 1.165) is 16.9 Å². The third-order valence-electron chi connectivity index (χ3n) is 3.75. The van der Waals surface area contributed by atoms with Gasteiger partial charge in [-0.05, 0) is 38.0 Å². The lowest BCUT2D eigenvalue weighted by molar-refractivity contribution is -0.110. The molecule has 0 saturated carbocycles. The first-order valence-corrected chi connectivity index (χ1v) is 7.01. The highest BCUT2D eigenvalue weighted by atomic mass is 16.2. The van der Waals surface area contributed by atoms with Crippen LogP contribution >= 0.6 is 0 Å². The van der Waals surface area contributed by atoms with Gasteiger partial charge in [-0.25, -0.2) is 0 Å². The quantitative estimate of drug-likeness (QED) is 0.815. The van der Waals surface area contributed by atoms with E-state index >= 15 is 0 Å². The van der Waals surface area contributed by atoms with E-state index in [1.807, 2.05) is 24.3 Å². The van der Waals surface area contributed by atoms with Crippen molar-refractivity contribution < 1.29 is 4.79 Å². The second kappa shape index (κ2) is 5.09. The number of fused-ring (bicyclic) bond motifs is 1. The number of nitrogens with one attached hydrogen (secondary N) is 2. The lowest BCUT2D eigenvalue weighted by Gasteiger charge is -2.11.